The summed E-state index contributed by atoms with van der Waals surface area (Å²) in [5, 5.41) is 11.8. The molecule has 0 saturated carbocycles. The molecule has 0 bridgehead atoms. The average molecular weight is 411 g/mol. The molecule has 0 spiro atoms. The van der Waals surface area contributed by atoms with Crippen molar-refractivity contribution in [1.82, 2.24) is 24.3 Å². The fourth-order valence-corrected chi connectivity index (χ4v) is 3.48. The molecule has 1 amide bonds. The van der Waals surface area contributed by atoms with E-state index in [1.54, 1.807) is 12.4 Å². The van der Waals surface area contributed by atoms with Gasteiger partial charge in [0.2, 0.25) is 5.91 Å². The molecule has 0 aromatic carbocycles. The van der Waals surface area contributed by atoms with Crippen LogP contribution in [-0.4, -0.2) is 68.1 Å². The number of aliphatic hydroxyl groups excluding tert-OH is 1. The fourth-order valence-electron chi connectivity index (χ4n) is 3.48. The molecule has 0 radical (unpaired) electrons. The van der Waals surface area contributed by atoms with Gasteiger partial charge in [-0.25, -0.2) is 15.0 Å². The van der Waals surface area contributed by atoms with E-state index in [1.807, 2.05) is 22.7 Å². The number of carbonyl (C=O) groups is 1. The second kappa shape index (κ2) is 9.06. The molecule has 0 atom stereocenters. The zero-order valence-corrected chi connectivity index (χ0v) is 16.6. The van der Waals surface area contributed by atoms with E-state index in [-0.39, 0.29) is 30.8 Å². The smallest absolute Gasteiger partial charge is 0.257 e. The van der Waals surface area contributed by atoms with Crippen molar-refractivity contribution >= 4 is 23.2 Å². The molecule has 0 aliphatic carbocycles. The lowest BCUT2D eigenvalue weighted by molar-refractivity contribution is -0.117. The first-order valence-electron chi connectivity index (χ1n) is 10.00. The Balaban J connectivity index is 1.49. The number of nitrogens with two attached hydrogens (primary N) is 1. The number of fused-ring (bicyclic) bond motifs is 1. The van der Waals surface area contributed by atoms with Crippen LogP contribution in [0.4, 0.5) is 11.6 Å². The highest BCUT2D eigenvalue weighted by atomic mass is 16.5. The average Bonchev–Trinajstić information content (AvgIpc) is 3.15. The quantitative estimate of drug-likeness (QED) is 0.528. The molecule has 10 nitrogen and oxygen atoms in total. The summed E-state index contributed by atoms with van der Waals surface area (Å²) >= 11 is 0. The van der Waals surface area contributed by atoms with Gasteiger partial charge < -0.3 is 25.3 Å². The van der Waals surface area contributed by atoms with E-state index in [9.17, 15) is 4.79 Å². The topological polar surface area (TPSA) is 131 Å². The summed E-state index contributed by atoms with van der Waals surface area (Å²) in [5.74, 6) is 0.785. The number of piperidine rings is 1. The number of anilines is 2. The van der Waals surface area contributed by atoms with Crippen LogP contribution in [0, 0.1) is 0 Å². The maximum atomic E-state index is 12.3. The van der Waals surface area contributed by atoms with Crippen molar-refractivity contribution in [2.24, 2.45) is 0 Å². The van der Waals surface area contributed by atoms with Crippen LogP contribution in [0.25, 0.3) is 16.9 Å². The number of hydrogen-bond acceptors (Lipinski definition) is 8. The number of nitrogen functional groups attached to an aromatic ring is 1. The molecule has 4 N–H and O–H groups in total. The Morgan fingerprint density at radius 2 is 2.03 bits per heavy atom. The molecule has 4 rings (SSSR count). The van der Waals surface area contributed by atoms with Crippen LogP contribution >= 0.6 is 0 Å². The maximum absolute atomic E-state index is 12.3. The summed E-state index contributed by atoms with van der Waals surface area (Å²) in [6.07, 6.45) is 8.69. The van der Waals surface area contributed by atoms with Crippen LogP contribution in [0.1, 0.15) is 19.3 Å². The van der Waals surface area contributed by atoms with Gasteiger partial charge in [-0.2, -0.15) is 0 Å². The first kappa shape index (κ1) is 20.0. The van der Waals surface area contributed by atoms with Gasteiger partial charge in [0.25, 0.3) is 5.88 Å². The van der Waals surface area contributed by atoms with Crippen molar-refractivity contribution < 1.29 is 14.6 Å². The number of nitrogens with zero attached hydrogens (tertiary/aromatic N) is 5. The first-order chi connectivity index (χ1) is 14.6. The van der Waals surface area contributed by atoms with E-state index in [0.29, 0.717) is 23.7 Å². The summed E-state index contributed by atoms with van der Waals surface area (Å²) in [5.41, 5.74) is 7.83. The van der Waals surface area contributed by atoms with Gasteiger partial charge in [-0.15, -0.1) is 0 Å². The van der Waals surface area contributed by atoms with Crippen LogP contribution in [0.2, 0.25) is 0 Å². The van der Waals surface area contributed by atoms with Gasteiger partial charge in [0.1, 0.15) is 12.3 Å². The number of rotatable bonds is 7. The van der Waals surface area contributed by atoms with Gasteiger partial charge in [-0.1, -0.05) is 6.42 Å². The predicted octanol–water partition coefficient (Wildman–Crippen LogP) is 1.17. The lowest BCUT2D eigenvalue weighted by Crippen LogP contribution is -2.36. The molecule has 3 aromatic rings. The van der Waals surface area contributed by atoms with Gasteiger partial charge in [0.05, 0.1) is 31.2 Å². The second-order valence-corrected chi connectivity index (χ2v) is 7.21. The number of aromatic nitrogens is 4. The molecule has 30 heavy (non-hydrogen) atoms. The van der Waals surface area contributed by atoms with Crippen LogP contribution in [0.15, 0.2) is 30.7 Å². The highest BCUT2D eigenvalue weighted by Crippen LogP contribution is 2.23. The van der Waals surface area contributed by atoms with Crippen molar-refractivity contribution in [3.8, 4) is 17.1 Å². The van der Waals surface area contributed by atoms with E-state index >= 15 is 0 Å². The van der Waals surface area contributed by atoms with E-state index in [0.717, 1.165) is 31.5 Å². The molecule has 0 unspecified atom stereocenters. The number of carbonyl (C=O) groups excluding carboxylic acids is 1. The van der Waals surface area contributed by atoms with Gasteiger partial charge in [-0.3, -0.25) is 9.69 Å². The minimum Gasteiger partial charge on any atom is -0.473 e. The van der Waals surface area contributed by atoms with Gasteiger partial charge in [0, 0.05) is 11.8 Å². The van der Waals surface area contributed by atoms with E-state index in [1.165, 1.54) is 6.42 Å². The molecule has 1 fully saturated rings. The molecule has 1 saturated heterocycles. The zero-order valence-electron chi connectivity index (χ0n) is 16.6. The SMILES string of the molecule is Nc1ncc(-c2ccc3nc(NC(=O)CN4CCCCC4)cn3c2)nc1OCCO. The minimum absolute atomic E-state index is 0.0596. The third kappa shape index (κ3) is 4.66. The molecule has 3 aromatic heterocycles. The number of aliphatic hydroxyl groups is 1. The maximum Gasteiger partial charge on any atom is 0.257 e. The van der Waals surface area contributed by atoms with Crippen LogP contribution < -0.4 is 15.8 Å². The van der Waals surface area contributed by atoms with Crippen molar-refractivity contribution in [1.29, 1.82) is 0 Å². The molecule has 4 heterocycles. The number of hydrogen-bond donors (Lipinski definition) is 3. The van der Waals surface area contributed by atoms with E-state index < -0.39 is 0 Å². The predicted molar refractivity (Wildman–Crippen MR) is 112 cm³/mol. The van der Waals surface area contributed by atoms with Crippen molar-refractivity contribution in [3.05, 3.63) is 30.7 Å². The normalized spacial score (nSPS) is 14.7. The summed E-state index contributed by atoms with van der Waals surface area (Å²) < 4.78 is 7.14. The third-order valence-electron chi connectivity index (χ3n) is 4.93. The zero-order chi connectivity index (χ0) is 20.9. The third-order valence-corrected chi connectivity index (χ3v) is 4.93. The largest absolute Gasteiger partial charge is 0.473 e. The Labute approximate surface area is 173 Å². The molecule has 1 aliphatic rings. The highest BCUT2D eigenvalue weighted by molar-refractivity contribution is 5.91. The van der Waals surface area contributed by atoms with Crippen molar-refractivity contribution in [3.63, 3.8) is 0 Å². The van der Waals surface area contributed by atoms with Gasteiger partial charge in [-0.05, 0) is 38.1 Å². The van der Waals surface area contributed by atoms with Crippen molar-refractivity contribution in [2.75, 3.05) is 43.9 Å². The molecular formula is C20H25N7O3. The summed E-state index contributed by atoms with van der Waals surface area (Å²) in [6, 6.07) is 3.69. The summed E-state index contributed by atoms with van der Waals surface area (Å²) in [6.45, 7) is 2.27. The highest BCUT2D eigenvalue weighted by Gasteiger charge is 2.15. The van der Waals surface area contributed by atoms with Crippen LogP contribution in [0.5, 0.6) is 5.88 Å². The Morgan fingerprint density at radius 3 is 2.83 bits per heavy atom. The Kier molecular flexibility index (Phi) is 6.05. The van der Waals surface area contributed by atoms with E-state index in [4.69, 9.17) is 15.6 Å². The monoisotopic (exact) mass is 411 g/mol. The van der Waals surface area contributed by atoms with Crippen molar-refractivity contribution in [2.45, 2.75) is 19.3 Å². The number of pyridine rings is 1. The number of imidazole rings is 1. The number of likely N-dealkylation sites (tertiary alicyclic amines) is 1. The first-order valence-corrected chi connectivity index (χ1v) is 10.00. The van der Waals surface area contributed by atoms with Gasteiger partial charge in [0.15, 0.2) is 11.6 Å². The number of amides is 1. The lowest BCUT2D eigenvalue weighted by Gasteiger charge is -2.25. The van der Waals surface area contributed by atoms with E-state index in [2.05, 4.69) is 25.2 Å². The Bertz CT molecular complexity index is 1030. The molecule has 158 valence electrons. The number of nitrogens with one attached hydrogen (secondary N) is 1. The minimum atomic E-state index is -0.140. The lowest BCUT2D eigenvalue weighted by atomic mass is 10.1. The summed E-state index contributed by atoms with van der Waals surface area (Å²) in [7, 11) is 0. The fraction of sp³-hybridized carbons (Fsp3) is 0.400. The van der Waals surface area contributed by atoms with Crippen LogP contribution in [-0.2, 0) is 4.79 Å². The Morgan fingerprint density at radius 1 is 1.20 bits per heavy atom. The second-order valence-electron chi connectivity index (χ2n) is 7.21. The van der Waals surface area contributed by atoms with Gasteiger partial charge >= 0.3 is 0 Å². The Hall–Kier alpha value is -3.24. The molecular weight excluding hydrogens is 386 g/mol. The number of ether oxygens (including phenoxy) is 1. The molecule has 10 heteroatoms. The standard InChI is InChI=1S/C20H25N7O3/c21-19-20(30-9-8-28)23-15(10-22-19)14-4-5-17-24-16(12-27(17)11-14)25-18(29)13-26-6-2-1-3-7-26/h4-5,10-12,28H,1-3,6-9,13H2,(H2,21,22)(H,25,29). The van der Waals surface area contributed by atoms with Crippen LogP contribution in [0.3, 0.4) is 0 Å². The summed E-state index contributed by atoms with van der Waals surface area (Å²) in [4.78, 5) is 27.5. The molecule has 1 aliphatic heterocycles.